The normalized spacial score (nSPS) is 21.2. The third-order valence-electron chi connectivity index (χ3n) is 3.22. The van der Waals surface area contributed by atoms with Gasteiger partial charge in [0.2, 0.25) is 5.91 Å². The Morgan fingerprint density at radius 3 is 2.94 bits per heavy atom. The number of rotatable bonds is 7. The predicted molar refractivity (Wildman–Crippen MR) is 64.2 cm³/mol. The number of carbonyl (C=O) groups is 1. The van der Waals surface area contributed by atoms with Gasteiger partial charge in [-0.2, -0.15) is 0 Å². The maximum absolute atomic E-state index is 11.4. The highest BCUT2D eigenvalue weighted by Gasteiger charge is 2.21. The zero-order valence-electron chi connectivity index (χ0n) is 10.2. The third kappa shape index (κ3) is 4.94. The molecule has 0 aromatic carbocycles. The minimum Gasteiger partial charge on any atom is -0.396 e. The van der Waals surface area contributed by atoms with Crippen LogP contribution in [0.25, 0.3) is 0 Å². The second-order valence-electron chi connectivity index (χ2n) is 4.53. The lowest BCUT2D eigenvalue weighted by molar-refractivity contribution is -0.121. The Morgan fingerprint density at radius 1 is 1.50 bits per heavy atom. The average molecular weight is 228 g/mol. The number of amides is 1. The van der Waals surface area contributed by atoms with Crippen LogP contribution >= 0.6 is 0 Å². The molecular weight excluding hydrogens is 204 g/mol. The fraction of sp³-hybridized carbons (Fsp3) is 0.917. The molecule has 0 spiro atoms. The highest BCUT2D eigenvalue weighted by molar-refractivity contribution is 5.75. The van der Waals surface area contributed by atoms with Gasteiger partial charge in [-0.05, 0) is 38.3 Å². The van der Waals surface area contributed by atoms with Crippen molar-refractivity contribution in [1.29, 1.82) is 0 Å². The standard InChI is InChI=1S/C12H24N2O2/c1-2-14-7-6-11(10-14)9-13-12(16)5-3-4-8-15/h11,15H,2-10H2,1H3,(H,13,16). The van der Waals surface area contributed by atoms with Gasteiger partial charge in [-0.15, -0.1) is 0 Å². The van der Waals surface area contributed by atoms with Crippen LogP contribution in [-0.2, 0) is 4.79 Å². The van der Waals surface area contributed by atoms with Crippen molar-refractivity contribution in [3.05, 3.63) is 0 Å². The monoisotopic (exact) mass is 228 g/mol. The molecule has 0 bridgehead atoms. The molecule has 4 heteroatoms. The number of carbonyl (C=O) groups excluding carboxylic acids is 1. The summed E-state index contributed by atoms with van der Waals surface area (Å²) in [5.41, 5.74) is 0. The van der Waals surface area contributed by atoms with Crippen molar-refractivity contribution in [1.82, 2.24) is 10.2 Å². The second-order valence-corrected chi connectivity index (χ2v) is 4.53. The van der Waals surface area contributed by atoms with Gasteiger partial charge < -0.3 is 15.3 Å². The SMILES string of the molecule is CCN1CCC(CNC(=O)CCCCO)C1. The number of aliphatic hydroxyl groups excluding tert-OH is 1. The van der Waals surface area contributed by atoms with E-state index in [1.165, 1.54) is 13.0 Å². The summed E-state index contributed by atoms with van der Waals surface area (Å²) in [5, 5.41) is 11.6. The van der Waals surface area contributed by atoms with Crippen LogP contribution in [-0.4, -0.2) is 48.7 Å². The number of nitrogens with zero attached hydrogens (tertiary/aromatic N) is 1. The first-order valence-corrected chi connectivity index (χ1v) is 6.36. The lowest BCUT2D eigenvalue weighted by Crippen LogP contribution is -2.30. The van der Waals surface area contributed by atoms with E-state index in [2.05, 4.69) is 17.1 Å². The Kier molecular flexibility index (Phi) is 6.42. The lowest BCUT2D eigenvalue weighted by atomic mass is 10.1. The van der Waals surface area contributed by atoms with Crippen molar-refractivity contribution in [3.8, 4) is 0 Å². The largest absolute Gasteiger partial charge is 0.396 e. The molecule has 1 atom stereocenters. The minimum atomic E-state index is 0.128. The second kappa shape index (κ2) is 7.63. The first-order valence-electron chi connectivity index (χ1n) is 6.36. The summed E-state index contributed by atoms with van der Waals surface area (Å²) in [6.45, 7) is 6.57. The van der Waals surface area contributed by atoms with Crippen molar-refractivity contribution in [2.24, 2.45) is 5.92 Å². The summed E-state index contributed by atoms with van der Waals surface area (Å²) in [5.74, 6) is 0.755. The molecule has 4 nitrogen and oxygen atoms in total. The van der Waals surface area contributed by atoms with E-state index in [0.29, 0.717) is 12.3 Å². The van der Waals surface area contributed by atoms with Crippen molar-refractivity contribution in [3.63, 3.8) is 0 Å². The van der Waals surface area contributed by atoms with Crippen molar-refractivity contribution in [2.75, 3.05) is 32.8 Å². The number of nitrogens with one attached hydrogen (secondary N) is 1. The number of unbranched alkanes of at least 4 members (excludes halogenated alkanes) is 1. The van der Waals surface area contributed by atoms with Gasteiger partial charge in [0.15, 0.2) is 0 Å². The first-order chi connectivity index (χ1) is 7.76. The van der Waals surface area contributed by atoms with E-state index < -0.39 is 0 Å². The quantitative estimate of drug-likeness (QED) is 0.628. The summed E-state index contributed by atoms with van der Waals surface area (Å²) < 4.78 is 0. The molecule has 94 valence electrons. The zero-order valence-corrected chi connectivity index (χ0v) is 10.2. The van der Waals surface area contributed by atoms with E-state index >= 15 is 0 Å². The summed E-state index contributed by atoms with van der Waals surface area (Å²) in [6.07, 6.45) is 3.25. The summed E-state index contributed by atoms with van der Waals surface area (Å²) in [7, 11) is 0. The van der Waals surface area contributed by atoms with Crippen molar-refractivity contribution in [2.45, 2.75) is 32.6 Å². The minimum absolute atomic E-state index is 0.128. The topological polar surface area (TPSA) is 52.6 Å². The van der Waals surface area contributed by atoms with Gasteiger partial charge in [0.05, 0.1) is 0 Å². The molecule has 1 aliphatic heterocycles. The molecule has 1 rings (SSSR count). The van der Waals surface area contributed by atoms with Crippen LogP contribution in [0.15, 0.2) is 0 Å². The van der Waals surface area contributed by atoms with Gasteiger partial charge in [0.25, 0.3) is 0 Å². The third-order valence-corrected chi connectivity index (χ3v) is 3.22. The Bertz CT molecular complexity index is 209. The lowest BCUT2D eigenvalue weighted by Gasteiger charge is -2.13. The van der Waals surface area contributed by atoms with E-state index in [0.717, 1.165) is 32.5 Å². The number of hydrogen-bond acceptors (Lipinski definition) is 3. The van der Waals surface area contributed by atoms with Crippen LogP contribution in [0.2, 0.25) is 0 Å². The van der Waals surface area contributed by atoms with Crippen molar-refractivity contribution >= 4 is 5.91 Å². The number of likely N-dealkylation sites (tertiary alicyclic amines) is 1. The molecule has 0 aromatic heterocycles. The summed E-state index contributed by atoms with van der Waals surface area (Å²) >= 11 is 0. The molecule has 0 radical (unpaired) electrons. The predicted octanol–water partition coefficient (Wildman–Crippen LogP) is 0.607. The smallest absolute Gasteiger partial charge is 0.220 e. The Hall–Kier alpha value is -0.610. The summed E-state index contributed by atoms with van der Waals surface area (Å²) in [6, 6.07) is 0. The zero-order chi connectivity index (χ0) is 11.8. The van der Waals surface area contributed by atoms with Crippen LogP contribution in [0.5, 0.6) is 0 Å². The van der Waals surface area contributed by atoms with Gasteiger partial charge in [0.1, 0.15) is 0 Å². The molecule has 1 fully saturated rings. The molecule has 2 N–H and O–H groups in total. The van der Waals surface area contributed by atoms with Crippen molar-refractivity contribution < 1.29 is 9.90 Å². The van der Waals surface area contributed by atoms with Gasteiger partial charge in [-0.25, -0.2) is 0 Å². The maximum Gasteiger partial charge on any atom is 0.220 e. The fourth-order valence-corrected chi connectivity index (χ4v) is 2.11. The van der Waals surface area contributed by atoms with Crippen LogP contribution in [0.3, 0.4) is 0 Å². The molecule has 0 saturated carbocycles. The summed E-state index contributed by atoms with van der Waals surface area (Å²) in [4.78, 5) is 13.8. The Labute approximate surface area is 98.0 Å². The fourth-order valence-electron chi connectivity index (χ4n) is 2.11. The molecular formula is C12H24N2O2. The van der Waals surface area contributed by atoms with Crippen LogP contribution < -0.4 is 5.32 Å². The maximum atomic E-state index is 11.4. The van der Waals surface area contributed by atoms with E-state index in [-0.39, 0.29) is 12.5 Å². The van der Waals surface area contributed by atoms with Gasteiger partial charge in [-0.3, -0.25) is 4.79 Å². The Balaban J connectivity index is 2.04. The van der Waals surface area contributed by atoms with E-state index in [1.807, 2.05) is 0 Å². The molecule has 16 heavy (non-hydrogen) atoms. The van der Waals surface area contributed by atoms with E-state index in [9.17, 15) is 4.79 Å². The molecule has 1 unspecified atom stereocenters. The number of hydrogen-bond donors (Lipinski definition) is 2. The van der Waals surface area contributed by atoms with E-state index in [1.54, 1.807) is 0 Å². The Morgan fingerprint density at radius 2 is 2.31 bits per heavy atom. The van der Waals surface area contributed by atoms with E-state index in [4.69, 9.17) is 5.11 Å². The molecule has 0 aliphatic carbocycles. The van der Waals surface area contributed by atoms with Crippen LogP contribution in [0.4, 0.5) is 0 Å². The first kappa shape index (κ1) is 13.5. The van der Waals surface area contributed by atoms with Gasteiger partial charge in [-0.1, -0.05) is 6.92 Å². The van der Waals surface area contributed by atoms with Crippen LogP contribution in [0, 0.1) is 5.92 Å². The van der Waals surface area contributed by atoms with Crippen LogP contribution in [0.1, 0.15) is 32.6 Å². The highest BCUT2D eigenvalue weighted by Crippen LogP contribution is 2.14. The highest BCUT2D eigenvalue weighted by atomic mass is 16.2. The van der Waals surface area contributed by atoms with Gasteiger partial charge in [0, 0.05) is 26.1 Å². The molecule has 1 saturated heterocycles. The van der Waals surface area contributed by atoms with Gasteiger partial charge >= 0.3 is 0 Å². The molecule has 1 aliphatic rings. The number of aliphatic hydroxyl groups is 1. The molecule has 1 amide bonds. The molecule has 0 aromatic rings. The average Bonchev–Trinajstić information content (AvgIpc) is 2.74. The molecule has 1 heterocycles.